The summed E-state index contributed by atoms with van der Waals surface area (Å²) in [6, 6.07) is 6.27. The minimum Gasteiger partial charge on any atom is -0.339 e. The van der Waals surface area contributed by atoms with E-state index in [1.54, 1.807) is 18.0 Å². The van der Waals surface area contributed by atoms with Gasteiger partial charge in [0.2, 0.25) is 5.91 Å². The van der Waals surface area contributed by atoms with Gasteiger partial charge in [-0.1, -0.05) is 19.1 Å². The molecule has 1 aromatic carbocycles. The van der Waals surface area contributed by atoms with Gasteiger partial charge in [0.05, 0.1) is 11.0 Å². The van der Waals surface area contributed by atoms with E-state index in [0.717, 1.165) is 18.7 Å². The first kappa shape index (κ1) is 15.4. The SMILES string of the molecule is CC(C(=O)N(C)C(C)c1cccc([N+](=O)[O-])c1)C1CNC1. The Morgan fingerprint density at radius 1 is 1.43 bits per heavy atom. The molecule has 1 saturated heterocycles. The van der Waals surface area contributed by atoms with Crippen LogP contribution in [-0.4, -0.2) is 35.9 Å². The summed E-state index contributed by atoms with van der Waals surface area (Å²) in [5.74, 6) is 0.440. The van der Waals surface area contributed by atoms with Crippen LogP contribution in [0.3, 0.4) is 0 Å². The van der Waals surface area contributed by atoms with Gasteiger partial charge < -0.3 is 10.2 Å². The molecule has 1 aliphatic rings. The minimum absolute atomic E-state index is 0.0302. The molecule has 1 amide bonds. The van der Waals surface area contributed by atoms with E-state index in [2.05, 4.69) is 5.32 Å². The molecule has 0 aromatic heterocycles. The van der Waals surface area contributed by atoms with Crippen LogP contribution in [0.25, 0.3) is 0 Å². The molecule has 1 fully saturated rings. The summed E-state index contributed by atoms with van der Waals surface area (Å²) in [6.45, 7) is 5.60. The lowest BCUT2D eigenvalue weighted by atomic mass is 9.87. The molecule has 2 unspecified atom stereocenters. The van der Waals surface area contributed by atoms with Gasteiger partial charge in [0.1, 0.15) is 0 Å². The molecule has 1 N–H and O–H groups in total. The van der Waals surface area contributed by atoms with Gasteiger partial charge in [0.25, 0.3) is 5.69 Å². The second-order valence-corrected chi connectivity index (χ2v) is 5.68. The molecule has 21 heavy (non-hydrogen) atoms. The van der Waals surface area contributed by atoms with E-state index >= 15 is 0 Å². The van der Waals surface area contributed by atoms with Crippen molar-refractivity contribution >= 4 is 11.6 Å². The zero-order valence-electron chi connectivity index (χ0n) is 12.6. The highest BCUT2D eigenvalue weighted by Crippen LogP contribution is 2.26. The maximum atomic E-state index is 12.5. The van der Waals surface area contributed by atoms with Gasteiger partial charge >= 0.3 is 0 Å². The summed E-state index contributed by atoms with van der Waals surface area (Å²) >= 11 is 0. The molecule has 6 nitrogen and oxygen atoms in total. The molecule has 0 radical (unpaired) electrons. The highest BCUT2D eigenvalue weighted by atomic mass is 16.6. The van der Waals surface area contributed by atoms with Crippen molar-refractivity contribution < 1.29 is 9.72 Å². The van der Waals surface area contributed by atoms with Gasteiger partial charge in [-0.3, -0.25) is 14.9 Å². The molecule has 0 saturated carbocycles. The third kappa shape index (κ3) is 3.21. The number of nitro groups is 1. The first-order valence-corrected chi connectivity index (χ1v) is 7.13. The van der Waals surface area contributed by atoms with Crippen LogP contribution in [0.15, 0.2) is 24.3 Å². The molecule has 2 atom stereocenters. The Morgan fingerprint density at radius 3 is 2.62 bits per heavy atom. The Bertz CT molecular complexity index is 543. The standard InChI is InChI=1S/C15H21N3O3/c1-10(13-8-16-9-13)15(19)17(3)11(2)12-5-4-6-14(7-12)18(20)21/h4-7,10-11,13,16H,8-9H2,1-3H3. The van der Waals surface area contributed by atoms with Gasteiger partial charge in [-0.2, -0.15) is 0 Å². The Labute approximate surface area is 124 Å². The van der Waals surface area contributed by atoms with Crippen LogP contribution in [0, 0.1) is 22.0 Å². The number of amides is 1. The number of nitrogens with zero attached hydrogens (tertiary/aromatic N) is 2. The maximum Gasteiger partial charge on any atom is 0.269 e. The van der Waals surface area contributed by atoms with Crippen LogP contribution in [0.2, 0.25) is 0 Å². The number of hydrogen-bond donors (Lipinski definition) is 1. The lowest BCUT2D eigenvalue weighted by Crippen LogP contribution is -2.50. The van der Waals surface area contributed by atoms with E-state index in [0.29, 0.717) is 5.92 Å². The first-order chi connectivity index (χ1) is 9.91. The van der Waals surface area contributed by atoms with Gasteiger partial charge in [-0.15, -0.1) is 0 Å². The van der Waals surface area contributed by atoms with Crippen molar-refractivity contribution in [3.8, 4) is 0 Å². The average molecular weight is 291 g/mol. The quantitative estimate of drug-likeness (QED) is 0.665. The molecule has 1 aromatic rings. The second kappa shape index (κ2) is 6.22. The molecular formula is C15H21N3O3. The van der Waals surface area contributed by atoms with Crippen LogP contribution in [0.1, 0.15) is 25.5 Å². The van der Waals surface area contributed by atoms with Crippen LogP contribution < -0.4 is 5.32 Å². The molecule has 0 bridgehead atoms. The molecule has 2 rings (SSSR count). The Hall–Kier alpha value is -1.95. The number of benzene rings is 1. The zero-order valence-corrected chi connectivity index (χ0v) is 12.6. The molecule has 1 aliphatic heterocycles. The third-order valence-electron chi connectivity index (χ3n) is 4.40. The predicted octanol–water partition coefficient (Wildman–Crippen LogP) is 1.97. The largest absolute Gasteiger partial charge is 0.339 e. The van der Waals surface area contributed by atoms with E-state index in [9.17, 15) is 14.9 Å². The van der Waals surface area contributed by atoms with Crippen molar-refractivity contribution in [2.45, 2.75) is 19.9 Å². The molecule has 0 spiro atoms. The van der Waals surface area contributed by atoms with Crippen LogP contribution in [0.5, 0.6) is 0 Å². The summed E-state index contributed by atoms with van der Waals surface area (Å²) in [5.41, 5.74) is 0.829. The van der Waals surface area contributed by atoms with Gasteiger partial charge in [-0.05, 0) is 31.5 Å². The predicted molar refractivity (Wildman–Crippen MR) is 79.8 cm³/mol. The fraction of sp³-hybridized carbons (Fsp3) is 0.533. The minimum atomic E-state index is -0.416. The molecular weight excluding hydrogens is 270 g/mol. The number of hydrogen-bond acceptors (Lipinski definition) is 4. The monoisotopic (exact) mass is 291 g/mol. The summed E-state index contributed by atoms with van der Waals surface area (Å²) < 4.78 is 0. The fourth-order valence-corrected chi connectivity index (χ4v) is 2.50. The van der Waals surface area contributed by atoms with Crippen LogP contribution >= 0.6 is 0 Å². The second-order valence-electron chi connectivity index (χ2n) is 5.68. The highest BCUT2D eigenvalue weighted by Gasteiger charge is 2.32. The Kier molecular flexibility index (Phi) is 4.57. The lowest BCUT2D eigenvalue weighted by Gasteiger charge is -2.35. The van der Waals surface area contributed by atoms with E-state index in [4.69, 9.17) is 0 Å². The summed E-state index contributed by atoms with van der Waals surface area (Å²) in [5, 5.41) is 14.0. The van der Waals surface area contributed by atoms with E-state index < -0.39 is 4.92 Å². The number of non-ortho nitro benzene ring substituents is 1. The van der Waals surface area contributed by atoms with Crippen molar-refractivity contribution in [1.29, 1.82) is 0 Å². The first-order valence-electron chi connectivity index (χ1n) is 7.13. The van der Waals surface area contributed by atoms with Crippen molar-refractivity contribution in [2.24, 2.45) is 11.8 Å². The van der Waals surface area contributed by atoms with Crippen molar-refractivity contribution in [2.75, 3.05) is 20.1 Å². The van der Waals surface area contributed by atoms with Crippen molar-refractivity contribution in [3.05, 3.63) is 39.9 Å². The van der Waals surface area contributed by atoms with Crippen molar-refractivity contribution in [3.63, 3.8) is 0 Å². The zero-order chi connectivity index (χ0) is 15.6. The fourth-order valence-electron chi connectivity index (χ4n) is 2.50. The highest BCUT2D eigenvalue weighted by molar-refractivity contribution is 5.79. The maximum absolute atomic E-state index is 12.5. The summed E-state index contributed by atoms with van der Waals surface area (Å²) in [7, 11) is 1.76. The van der Waals surface area contributed by atoms with Crippen LogP contribution in [0.4, 0.5) is 5.69 Å². The number of carbonyl (C=O) groups is 1. The third-order valence-corrected chi connectivity index (χ3v) is 4.40. The van der Waals surface area contributed by atoms with Gasteiger partial charge in [0, 0.05) is 25.1 Å². The van der Waals surface area contributed by atoms with Crippen molar-refractivity contribution in [1.82, 2.24) is 10.2 Å². The molecule has 1 heterocycles. The molecule has 0 aliphatic carbocycles. The Morgan fingerprint density at radius 2 is 2.10 bits per heavy atom. The number of rotatable bonds is 5. The number of nitrogens with one attached hydrogen (secondary N) is 1. The number of nitro benzene ring substituents is 1. The van der Waals surface area contributed by atoms with Gasteiger partial charge in [0.15, 0.2) is 0 Å². The number of carbonyl (C=O) groups excluding carboxylic acids is 1. The van der Waals surface area contributed by atoms with E-state index in [1.807, 2.05) is 19.9 Å². The van der Waals surface area contributed by atoms with E-state index in [-0.39, 0.29) is 23.6 Å². The van der Waals surface area contributed by atoms with Gasteiger partial charge in [-0.25, -0.2) is 0 Å². The molecule has 114 valence electrons. The van der Waals surface area contributed by atoms with Crippen LogP contribution in [-0.2, 0) is 4.79 Å². The van der Waals surface area contributed by atoms with E-state index in [1.165, 1.54) is 12.1 Å². The summed E-state index contributed by atoms with van der Waals surface area (Å²) in [6.07, 6.45) is 0. The Balaban J connectivity index is 2.10. The lowest BCUT2D eigenvalue weighted by molar-refractivity contribution is -0.384. The normalized spacial score (nSPS) is 17.7. The summed E-state index contributed by atoms with van der Waals surface area (Å²) in [4.78, 5) is 24.6. The average Bonchev–Trinajstić information content (AvgIpc) is 2.43. The smallest absolute Gasteiger partial charge is 0.269 e. The molecule has 6 heteroatoms. The topological polar surface area (TPSA) is 75.5 Å².